The van der Waals surface area contributed by atoms with E-state index in [4.69, 9.17) is 5.73 Å². The number of rotatable bonds is 5. The van der Waals surface area contributed by atoms with E-state index in [1.807, 2.05) is 13.8 Å². The maximum Gasteiger partial charge on any atom is 0.237 e. The van der Waals surface area contributed by atoms with Crippen LogP contribution in [0.2, 0.25) is 0 Å². The average Bonchev–Trinajstić information content (AvgIpc) is 2.34. The Morgan fingerprint density at radius 2 is 2.11 bits per heavy atom. The lowest BCUT2D eigenvalue weighted by Crippen LogP contribution is -2.45. The van der Waals surface area contributed by atoms with E-state index in [-0.39, 0.29) is 30.8 Å². The number of nitrogens with two attached hydrogens (primary N) is 1. The fourth-order valence-electron chi connectivity index (χ4n) is 1.45. The minimum absolute atomic E-state index is 0. The normalized spacial score (nSPS) is 13.6. The van der Waals surface area contributed by atoms with Gasteiger partial charge in [-0.25, -0.2) is 4.39 Å². The standard InChI is InChI=1S/C13H19FN2O2.ClH/c1-8(2)12(15)13(18)16-7-11(17)9-4-3-5-10(14)6-9;/h3-6,8,11-12,17H,7,15H2,1-2H3,(H,16,18);1H/t11?,12-;/m0./s1. The van der Waals surface area contributed by atoms with Crippen LogP contribution in [0, 0.1) is 11.7 Å². The zero-order valence-electron chi connectivity index (χ0n) is 11.0. The summed E-state index contributed by atoms with van der Waals surface area (Å²) in [7, 11) is 0. The lowest BCUT2D eigenvalue weighted by molar-refractivity contribution is -0.123. The molecule has 19 heavy (non-hydrogen) atoms. The molecule has 0 saturated carbocycles. The van der Waals surface area contributed by atoms with Gasteiger partial charge in [0.25, 0.3) is 0 Å². The summed E-state index contributed by atoms with van der Waals surface area (Å²) in [5.74, 6) is -0.714. The predicted molar refractivity (Wildman–Crippen MR) is 74.4 cm³/mol. The molecule has 1 rings (SSSR count). The molecule has 0 aliphatic heterocycles. The number of aliphatic hydroxyl groups excluding tert-OH is 1. The number of hydrogen-bond donors (Lipinski definition) is 3. The van der Waals surface area contributed by atoms with Crippen LogP contribution in [0.5, 0.6) is 0 Å². The van der Waals surface area contributed by atoms with E-state index in [1.54, 1.807) is 6.07 Å². The molecule has 4 N–H and O–H groups in total. The van der Waals surface area contributed by atoms with Crippen molar-refractivity contribution in [3.05, 3.63) is 35.6 Å². The molecule has 6 heteroatoms. The van der Waals surface area contributed by atoms with Gasteiger partial charge in [-0.3, -0.25) is 4.79 Å². The fraction of sp³-hybridized carbons (Fsp3) is 0.462. The highest BCUT2D eigenvalue weighted by molar-refractivity contribution is 5.85. The molecule has 4 nitrogen and oxygen atoms in total. The van der Waals surface area contributed by atoms with Gasteiger partial charge in [-0.2, -0.15) is 0 Å². The molecule has 0 spiro atoms. The first-order valence-electron chi connectivity index (χ1n) is 5.88. The minimum atomic E-state index is -0.941. The average molecular weight is 291 g/mol. The van der Waals surface area contributed by atoms with Crippen molar-refractivity contribution in [1.82, 2.24) is 5.32 Å². The van der Waals surface area contributed by atoms with Gasteiger partial charge in [-0.1, -0.05) is 26.0 Å². The predicted octanol–water partition coefficient (Wildman–Crippen LogP) is 1.38. The molecule has 1 unspecified atom stereocenters. The van der Waals surface area contributed by atoms with Gasteiger partial charge in [0.15, 0.2) is 0 Å². The van der Waals surface area contributed by atoms with Gasteiger partial charge < -0.3 is 16.2 Å². The van der Waals surface area contributed by atoms with Gasteiger partial charge in [0, 0.05) is 6.54 Å². The number of nitrogens with one attached hydrogen (secondary N) is 1. The first-order chi connectivity index (χ1) is 8.41. The molecule has 1 amide bonds. The summed E-state index contributed by atoms with van der Waals surface area (Å²) in [5, 5.41) is 12.3. The Bertz CT molecular complexity index is 415. The van der Waals surface area contributed by atoms with Crippen molar-refractivity contribution in [2.24, 2.45) is 11.7 Å². The van der Waals surface area contributed by atoms with Gasteiger partial charge >= 0.3 is 0 Å². The number of aliphatic hydroxyl groups is 1. The first-order valence-corrected chi connectivity index (χ1v) is 5.88. The van der Waals surface area contributed by atoms with Crippen LogP contribution in [0.15, 0.2) is 24.3 Å². The fourth-order valence-corrected chi connectivity index (χ4v) is 1.45. The van der Waals surface area contributed by atoms with Crippen molar-refractivity contribution in [3.8, 4) is 0 Å². The number of halogens is 2. The molecule has 1 aromatic rings. The van der Waals surface area contributed by atoms with Crippen LogP contribution >= 0.6 is 12.4 Å². The van der Waals surface area contributed by atoms with Crippen molar-refractivity contribution in [2.45, 2.75) is 26.0 Å². The van der Waals surface area contributed by atoms with Gasteiger partial charge in [0.05, 0.1) is 12.1 Å². The molecule has 0 heterocycles. The van der Waals surface area contributed by atoms with Crippen molar-refractivity contribution in [1.29, 1.82) is 0 Å². The topological polar surface area (TPSA) is 75.4 Å². The highest BCUT2D eigenvalue weighted by atomic mass is 35.5. The third kappa shape index (κ3) is 5.55. The van der Waals surface area contributed by atoms with E-state index in [2.05, 4.69) is 5.32 Å². The maximum atomic E-state index is 12.9. The zero-order valence-corrected chi connectivity index (χ0v) is 11.8. The van der Waals surface area contributed by atoms with Crippen LogP contribution in [0.25, 0.3) is 0 Å². The summed E-state index contributed by atoms with van der Waals surface area (Å²) in [4.78, 5) is 11.6. The monoisotopic (exact) mass is 290 g/mol. The van der Waals surface area contributed by atoms with Crippen LogP contribution in [0.3, 0.4) is 0 Å². The molecule has 0 radical (unpaired) electrons. The summed E-state index contributed by atoms with van der Waals surface area (Å²) in [6, 6.07) is 5.03. The lowest BCUT2D eigenvalue weighted by Gasteiger charge is -2.17. The largest absolute Gasteiger partial charge is 0.387 e. The second-order valence-electron chi connectivity index (χ2n) is 4.59. The van der Waals surface area contributed by atoms with Crippen molar-refractivity contribution >= 4 is 18.3 Å². The number of carbonyl (C=O) groups excluding carboxylic acids is 1. The van der Waals surface area contributed by atoms with Gasteiger partial charge in [-0.15, -0.1) is 12.4 Å². The van der Waals surface area contributed by atoms with Crippen LogP contribution in [0.1, 0.15) is 25.5 Å². The van der Waals surface area contributed by atoms with E-state index >= 15 is 0 Å². The Hall–Kier alpha value is -1.17. The Morgan fingerprint density at radius 1 is 1.47 bits per heavy atom. The summed E-state index contributed by atoms with van der Waals surface area (Å²) >= 11 is 0. The molecule has 2 atom stereocenters. The SMILES string of the molecule is CC(C)[C@H](N)C(=O)NCC(O)c1cccc(F)c1.Cl. The van der Waals surface area contributed by atoms with E-state index in [0.717, 1.165) is 0 Å². The smallest absolute Gasteiger partial charge is 0.237 e. The van der Waals surface area contributed by atoms with Crippen LogP contribution in [-0.2, 0) is 4.79 Å². The summed E-state index contributed by atoms with van der Waals surface area (Å²) in [5.41, 5.74) is 6.08. The second-order valence-corrected chi connectivity index (χ2v) is 4.59. The Morgan fingerprint density at radius 3 is 2.63 bits per heavy atom. The molecule has 108 valence electrons. The number of amides is 1. The Balaban J connectivity index is 0.00000324. The Kier molecular flexibility index (Phi) is 7.59. The molecule has 0 saturated heterocycles. The van der Waals surface area contributed by atoms with Gasteiger partial charge in [0.1, 0.15) is 5.82 Å². The highest BCUT2D eigenvalue weighted by Gasteiger charge is 2.18. The molecular weight excluding hydrogens is 271 g/mol. The molecule has 0 fully saturated rings. The summed E-state index contributed by atoms with van der Waals surface area (Å²) in [6.07, 6.45) is -0.941. The zero-order chi connectivity index (χ0) is 13.7. The summed E-state index contributed by atoms with van der Waals surface area (Å²) < 4.78 is 12.9. The van der Waals surface area contributed by atoms with Crippen molar-refractivity contribution in [3.63, 3.8) is 0 Å². The minimum Gasteiger partial charge on any atom is -0.387 e. The molecule has 0 aromatic heterocycles. The number of hydrogen-bond acceptors (Lipinski definition) is 3. The van der Waals surface area contributed by atoms with E-state index < -0.39 is 18.0 Å². The lowest BCUT2D eigenvalue weighted by atomic mass is 10.0. The highest BCUT2D eigenvalue weighted by Crippen LogP contribution is 2.13. The van der Waals surface area contributed by atoms with E-state index in [9.17, 15) is 14.3 Å². The third-order valence-corrected chi connectivity index (χ3v) is 2.72. The number of carbonyl (C=O) groups is 1. The van der Waals surface area contributed by atoms with E-state index in [1.165, 1.54) is 18.2 Å². The third-order valence-electron chi connectivity index (χ3n) is 2.72. The second kappa shape index (κ2) is 8.09. The van der Waals surface area contributed by atoms with Crippen molar-refractivity contribution < 1.29 is 14.3 Å². The quantitative estimate of drug-likeness (QED) is 0.767. The molecule has 0 aliphatic carbocycles. The van der Waals surface area contributed by atoms with E-state index in [0.29, 0.717) is 5.56 Å². The Labute approximate surface area is 118 Å². The molecule has 0 aliphatic rings. The van der Waals surface area contributed by atoms with Crippen LogP contribution in [0.4, 0.5) is 4.39 Å². The summed E-state index contributed by atoms with van der Waals surface area (Å²) in [6.45, 7) is 3.70. The molecular formula is C13H20ClFN2O2. The van der Waals surface area contributed by atoms with Gasteiger partial charge in [-0.05, 0) is 23.6 Å². The number of benzene rings is 1. The molecule has 0 bridgehead atoms. The molecule has 1 aromatic carbocycles. The van der Waals surface area contributed by atoms with Crippen molar-refractivity contribution in [2.75, 3.05) is 6.54 Å². The van der Waals surface area contributed by atoms with Gasteiger partial charge in [0.2, 0.25) is 5.91 Å². The maximum absolute atomic E-state index is 12.9. The van der Waals surface area contributed by atoms with Crippen LogP contribution < -0.4 is 11.1 Å². The van der Waals surface area contributed by atoms with Crippen LogP contribution in [-0.4, -0.2) is 23.6 Å². The first kappa shape index (κ1) is 17.8.